The van der Waals surface area contributed by atoms with E-state index >= 15 is 0 Å². The van der Waals surface area contributed by atoms with E-state index < -0.39 is 0 Å². The number of pyridine rings is 1. The van der Waals surface area contributed by atoms with Crippen LogP contribution in [0.5, 0.6) is 0 Å². The van der Waals surface area contributed by atoms with Gasteiger partial charge in [-0.15, -0.1) is 11.3 Å². The summed E-state index contributed by atoms with van der Waals surface area (Å²) in [7, 11) is 0. The van der Waals surface area contributed by atoms with Crippen molar-refractivity contribution in [2.75, 3.05) is 19.3 Å². The van der Waals surface area contributed by atoms with Gasteiger partial charge in [0.2, 0.25) is 5.91 Å². The molecule has 1 saturated heterocycles. The number of thioether (sulfide) groups is 1. The van der Waals surface area contributed by atoms with Crippen molar-refractivity contribution in [3.8, 4) is 11.3 Å². The fourth-order valence-corrected chi connectivity index (χ4v) is 4.19. The van der Waals surface area contributed by atoms with E-state index in [-0.39, 0.29) is 11.2 Å². The van der Waals surface area contributed by atoms with Gasteiger partial charge in [-0.1, -0.05) is 0 Å². The molecule has 1 atom stereocenters. The Bertz CT molecular complexity index is 651. The van der Waals surface area contributed by atoms with Crippen LogP contribution >= 0.6 is 23.1 Å². The average Bonchev–Trinajstić information content (AvgIpc) is 3.11. The molecule has 122 valence electrons. The highest BCUT2D eigenvalue weighted by atomic mass is 32.2. The predicted octanol–water partition coefficient (Wildman–Crippen LogP) is 3.66. The summed E-state index contributed by atoms with van der Waals surface area (Å²) in [6.07, 6.45) is 7.61. The highest BCUT2D eigenvalue weighted by molar-refractivity contribution is 7.99. The summed E-state index contributed by atoms with van der Waals surface area (Å²) in [6, 6.07) is 3.98. The van der Waals surface area contributed by atoms with E-state index in [2.05, 4.69) is 10.4 Å². The molecule has 0 saturated carbocycles. The second-order valence-electron chi connectivity index (χ2n) is 5.78. The number of carbonyl (C=O) groups excluding carboxylic acids is 1. The lowest BCUT2D eigenvalue weighted by atomic mass is 9.97. The van der Waals surface area contributed by atoms with Gasteiger partial charge in [-0.25, -0.2) is 4.98 Å². The Hall–Kier alpha value is -1.40. The number of hydrogen-bond acceptors (Lipinski definition) is 5. The van der Waals surface area contributed by atoms with Crippen molar-refractivity contribution in [1.82, 2.24) is 14.9 Å². The van der Waals surface area contributed by atoms with Crippen LogP contribution in [-0.2, 0) is 4.79 Å². The van der Waals surface area contributed by atoms with Crippen molar-refractivity contribution in [2.45, 2.75) is 30.9 Å². The molecule has 3 rings (SSSR count). The monoisotopic (exact) mass is 347 g/mol. The van der Waals surface area contributed by atoms with Gasteiger partial charge < -0.3 is 4.90 Å². The fourth-order valence-electron chi connectivity index (χ4n) is 2.84. The lowest BCUT2D eigenvalue weighted by Crippen LogP contribution is -2.41. The Morgan fingerprint density at radius 1 is 1.35 bits per heavy atom. The molecule has 2 aromatic heterocycles. The Balaban J connectivity index is 1.62. The van der Waals surface area contributed by atoms with Crippen LogP contribution in [0.3, 0.4) is 0 Å². The highest BCUT2D eigenvalue weighted by Gasteiger charge is 2.27. The molecule has 0 aliphatic carbocycles. The van der Waals surface area contributed by atoms with Crippen molar-refractivity contribution in [3.05, 3.63) is 34.9 Å². The standard InChI is InChI=1S/C17H21N3OS2/c1-12(22-2)17(21)20-9-5-14(6-10-20)16-19-15(11-23-16)13-3-7-18-8-4-13/h3-4,7-8,11-12,14H,5-6,9-10H2,1-2H3/t12-/m0/s1. The third-order valence-electron chi connectivity index (χ3n) is 4.36. The van der Waals surface area contributed by atoms with Gasteiger partial charge in [-0.2, -0.15) is 11.8 Å². The van der Waals surface area contributed by atoms with Gasteiger partial charge in [0, 0.05) is 42.3 Å². The van der Waals surface area contributed by atoms with Crippen LogP contribution in [0.1, 0.15) is 30.7 Å². The van der Waals surface area contributed by atoms with Crippen molar-refractivity contribution in [1.29, 1.82) is 0 Å². The van der Waals surface area contributed by atoms with E-state index in [0.717, 1.165) is 37.2 Å². The first-order valence-corrected chi connectivity index (χ1v) is 10.0. The molecule has 4 nitrogen and oxygen atoms in total. The second-order valence-corrected chi connectivity index (χ2v) is 7.85. The molecule has 0 N–H and O–H groups in total. The van der Waals surface area contributed by atoms with E-state index in [1.54, 1.807) is 35.5 Å². The number of carbonyl (C=O) groups is 1. The minimum absolute atomic E-state index is 0.0599. The lowest BCUT2D eigenvalue weighted by Gasteiger charge is -2.32. The van der Waals surface area contributed by atoms with Crippen molar-refractivity contribution < 1.29 is 4.79 Å². The maximum atomic E-state index is 12.2. The number of rotatable bonds is 4. The smallest absolute Gasteiger partial charge is 0.235 e. The van der Waals surface area contributed by atoms with Crippen molar-refractivity contribution >= 4 is 29.0 Å². The zero-order chi connectivity index (χ0) is 16.2. The number of aromatic nitrogens is 2. The van der Waals surface area contributed by atoms with Crippen LogP contribution < -0.4 is 0 Å². The van der Waals surface area contributed by atoms with E-state index in [4.69, 9.17) is 4.98 Å². The number of nitrogens with zero attached hydrogens (tertiary/aromatic N) is 3. The summed E-state index contributed by atoms with van der Waals surface area (Å²) >= 11 is 3.35. The molecule has 0 spiro atoms. The van der Waals surface area contributed by atoms with E-state index in [1.807, 2.05) is 30.2 Å². The molecular weight excluding hydrogens is 326 g/mol. The number of thiazole rings is 1. The number of piperidine rings is 1. The second kappa shape index (κ2) is 7.45. The van der Waals surface area contributed by atoms with Crippen LogP contribution in [0, 0.1) is 0 Å². The summed E-state index contributed by atoms with van der Waals surface area (Å²) < 4.78 is 0. The SMILES string of the molecule is CS[C@@H](C)C(=O)N1CCC(c2nc(-c3ccncc3)cs2)CC1. The topological polar surface area (TPSA) is 46.1 Å². The summed E-state index contributed by atoms with van der Waals surface area (Å²) in [5.74, 6) is 0.747. The van der Waals surface area contributed by atoms with Gasteiger partial charge in [-0.3, -0.25) is 9.78 Å². The minimum atomic E-state index is 0.0599. The largest absolute Gasteiger partial charge is 0.342 e. The van der Waals surface area contributed by atoms with Crippen LogP contribution in [-0.4, -0.2) is 45.4 Å². The molecule has 0 radical (unpaired) electrons. The van der Waals surface area contributed by atoms with Crippen LogP contribution in [0.4, 0.5) is 0 Å². The van der Waals surface area contributed by atoms with Gasteiger partial charge >= 0.3 is 0 Å². The van der Waals surface area contributed by atoms with Crippen molar-refractivity contribution in [2.24, 2.45) is 0 Å². The predicted molar refractivity (Wildman–Crippen MR) is 96.9 cm³/mol. The average molecular weight is 348 g/mol. The van der Waals surface area contributed by atoms with Gasteiger partial charge in [0.1, 0.15) is 0 Å². The summed E-state index contributed by atoms with van der Waals surface area (Å²) in [5.41, 5.74) is 2.14. The quantitative estimate of drug-likeness (QED) is 0.847. The first-order valence-electron chi connectivity index (χ1n) is 7.86. The van der Waals surface area contributed by atoms with Gasteiger partial charge in [0.25, 0.3) is 0 Å². The molecule has 0 unspecified atom stereocenters. The Labute approximate surface area is 145 Å². The molecule has 0 bridgehead atoms. The zero-order valence-corrected chi connectivity index (χ0v) is 15.1. The van der Waals surface area contributed by atoms with E-state index in [9.17, 15) is 4.79 Å². The molecule has 2 aromatic rings. The maximum Gasteiger partial charge on any atom is 0.235 e. The van der Waals surface area contributed by atoms with E-state index in [1.165, 1.54) is 5.01 Å². The van der Waals surface area contributed by atoms with E-state index in [0.29, 0.717) is 5.92 Å². The van der Waals surface area contributed by atoms with Crippen LogP contribution in [0.25, 0.3) is 11.3 Å². The maximum absolute atomic E-state index is 12.2. The molecule has 1 aliphatic rings. The molecule has 6 heteroatoms. The van der Waals surface area contributed by atoms with Gasteiger partial charge in [0.15, 0.2) is 0 Å². The van der Waals surface area contributed by atoms with Gasteiger partial charge in [0.05, 0.1) is 16.0 Å². The third kappa shape index (κ3) is 3.75. The summed E-state index contributed by atoms with van der Waals surface area (Å²) in [5, 5.41) is 3.38. The third-order valence-corrected chi connectivity index (χ3v) is 6.27. The van der Waals surface area contributed by atoms with Crippen LogP contribution in [0.15, 0.2) is 29.9 Å². The molecule has 1 amide bonds. The lowest BCUT2D eigenvalue weighted by molar-refractivity contribution is -0.131. The first-order chi connectivity index (χ1) is 11.2. The summed E-state index contributed by atoms with van der Waals surface area (Å²) in [6.45, 7) is 3.68. The fraction of sp³-hybridized carbons (Fsp3) is 0.471. The molecule has 1 fully saturated rings. The number of hydrogen-bond donors (Lipinski definition) is 0. The molecule has 3 heterocycles. The Morgan fingerprint density at radius 2 is 2.04 bits per heavy atom. The molecule has 23 heavy (non-hydrogen) atoms. The summed E-state index contributed by atoms with van der Waals surface area (Å²) in [4.78, 5) is 23.1. The first kappa shape index (κ1) is 16.5. The zero-order valence-electron chi connectivity index (χ0n) is 13.4. The minimum Gasteiger partial charge on any atom is -0.342 e. The molecule has 0 aromatic carbocycles. The number of likely N-dealkylation sites (tertiary alicyclic amines) is 1. The number of amides is 1. The molecule has 1 aliphatic heterocycles. The molecular formula is C17H21N3OS2. The Morgan fingerprint density at radius 3 is 2.70 bits per heavy atom. The Kier molecular flexibility index (Phi) is 5.33. The normalized spacial score (nSPS) is 17.2. The van der Waals surface area contributed by atoms with Crippen molar-refractivity contribution in [3.63, 3.8) is 0 Å². The highest BCUT2D eigenvalue weighted by Crippen LogP contribution is 2.33. The van der Waals surface area contributed by atoms with Crippen LogP contribution in [0.2, 0.25) is 0 Å². The van der Waals surface area contributed by atoms with Gasteiger partial charge in [-0.05, 0) is 38.2 Å².